The zero-order chi connectivity index (χ0) is 25.0. The average Bonchev–Trinajstić information content (AvgIpc) is 2.87. The third-order valence-electron chi connectivity index (χ3n) is 7.19. The Labute approximate surface area is 210 Å². The van der Waals surface area contributed by atoms with Gasteiger partial charge in [0.25, 0.3) is 0 Å². The van der Waals surface area contributed by atoms with Gasteiger partial charge in [0.2, 0.25) is 17.7 Å². The molecule has 3 amide bonds. The highest BCUT2D eigenvalue weighted by molar-refractivity contribution is 5.93. The molecule has 1 saturated heterocycles. The maximum atomic E-state index is 13.6. The molecule has 1 aliphatic heterocycles. The SMILES string of the molecule is CC(C)NC(=O)[C@@H](CCCc1ccccc1)NC(=O)[C@H](NC(=O)[C@@H]1CCCCN1)C1CCCCC1. The van der Waals surface area contributed by atoms with Crippen molar-refractivity contribution in [2.75, 3.05) is 6.54 Å². The average molecular weight is 485 g/mol. The molecule has 1 aliphatic carbocycles. The third kappa shape index (κ3) is 8.95. The van der Waals surface area contributed by atoms with Gasteiger partial charge in [-0.15, -0.1) is 0 Å². The van der Waals surface area contributed by atoms with Gasteiger partial charge in [0.1, 0.15) is 12.1 Å². The Bertz CT molecular complexity index is 802. The van der Waals surface area contributed by atoms with Crippen molar-refractivity contribution in [3.63, 3.8) is 0 Å². The van der Waals surface area contributed by atoms with E-state index in [1.165, 1.54) is 12.0 Å². The van der Waals surface area contributed by atoms with Gasteiger partial charge in [0.15, 0.2) is 0 Å². The van der Waals surface area contributed by atoms with Crippen LogP contribution in [0.1, 0.15) is 83.6 Å². The zero-order valence-electron chi connectivity index (χ0n) is 21.5. The van der Waals surface area contributed by atoms with Gasteiger partial charge in [-0.25, -0.2) is 0 Å². The Morgan fingerprint density at radius 3 is 2.26 bits per heavy atom. The van der Waals surface area contributed by atoms with Crippen LogP contribution in [-0.4, -0.2) is 48.4 Å². The number of aryl methyl sites for hydroxylation is 1. The van der Waals surface area contributed by atoms with E-state index in [0.717, 1.165) is 64.3 Å². The number of benzene rings is 1. The minimum atomic E-state index is -0.621. The molecule has 0 spiro atoms. The van der Waals surface area contributed by atoms with Crippen molar-refractivity contribution in [1.82, 2.24) is 21.3 Å². The Balaban J connectivity index is 1.67. The molecule has 7 heteroatoms. The normalized spacial score (nSPS) is 20.6. The molecule has 1 saturated carbocycles. The van der Waals surface area contributed by atoms with Crippen molar-refractivity contribution in [2.24, 2.45) is 5.92 Å². The number of hydrogen-bond donors (Lipinski definition) is 4. The van der Waals surface area contributed by atoms with Gasteiger partial charge in [-0.05, 0) is 76.8 Å². The third-order valence-corrected chi connectivity index (χ3v) is 7.19. The number of carbonyl (C=O) groups is 3. The lowest BCUT2D eigenvalue weighted by molar-refractivity contribution is -0.134. The fraction of sp³-hybridized carbons (Fsp3) is 0.679. The molecule has 0 bridgehead atoms. The first-order valence-corrected chi connectivity index (χ1v) is 13.6. The standard InChI is InChI=1S/C28H44N4O3/c1-20(2)30-27(34)24(18-11-14-21-12-5-3-6-13-21)31-28(35)25(22-15-7-4-8-16-22)32-26(33)23-17-9-10-19-29-23/h3,5-6,12-13,20,22-25,29H,4,7-11,14-19H2,1-2H3,(H,30,34)(H,31,35)(H,32,33)/t23-,24+,25+/m0/s1. The van der Waals surface area contributed by atoms with E-state index in [1.54, 1.807) is 0 Å². The van der Waals surface area contributed by atoms with Crippen molar-refractivity contribution in [1.29, 1.82) is 0 Å². The van der Waals surface area contributed by atoms with Crippen molar-refractivity contribution in [3.8, 4) is 0 Å². The number of rotatable bonds is 11. The van der Waals surface area contributed by atoms with Crippen LogP contribution in [0.2, 0.25) is 0 Å². The van der Waals surface area contributed by atoms with Crippen LogP contribution in [0, 0.1) is 5.92 Å². The van der Waals surface area contributed by atoms with E-state index in [2.05, 4.69) is 33.4 Å². The molecule has 2 aliphatic rings. The molecule has 0 unspecified atom stereocenters. The van der Waals surface area contributed by atoms with Gasteiger partial charge in [0.05, 0.1) is 6.04 Å². The molecule has 1 heterocycles. The molecule has 0 radical (unpaired) electrons. The second kappa shape index (κ2) is 14.2. The second-order valence-electron chi connectivity index (χ2n) is 10.5. The smallest absolute Gasteiger partial charge is 0.243 e. The van der Waals surface area contributed by atoms with Crippen LogP contribution < -0.4 is 21.3 Å². The van der Waals surface area contributed by atoms with Gasteiger partial charge >= 0.3 is 0 Å². The summed E-state index contributed by atoms with van der Waals surface area (Å²) in [4.78, 5) is 39.6. The van der Waals surface area contributed by atoms with Crippen molar-refractivity contribution in [3.05, 3.63) is 35.9 Å². The molecule has 7 nitrogen and oxygen atoms in total. The lowest BCUT2D eigenvalue weighted by atomic mass is 9.83. The number of hydrogen-bond acceptors (Lipinski definition) is 4. The number of amides is 3. The van der Waals surface area contributed by atoms with Crippen LogP contribution in [0.25, 0.3) is 0 Å². The molecule has 1 aromatic carbocycles. The fourth-order valence-corrected chi connectivity index (χ4v) is 5.26. The molecule has 1 aromatic rings. The summed E-state index contributed by atoms with van der Waals surface area (Å²) in [5.41, 5.74) is 1.22. The van der Waals surface area contributed by atoms with Crippen LogP contribution in [0.3, 0.4) is 0 Å². The molecule has 3 atom stereocenters. The van der Waals surface area contributed by atoms with Crippen LogP contribution >= 0.6 is 0 Å². The Kier molecular flexibility index (Phi) is 11.0. The number of piperidine rings is 1. The molecular weight excluding hydrogens is 440 g/mol. The summed E-state index contributed by atoms with van der Waals surface area (Å²) in [5, 5.41) is 12.3. The van der Waals surface area contributed by atoms with E-state index in [4.69, 9.17) is 0 Å². The van der Waals surface area contributed by atoms with E-state index in [0.29, 0.717) is 6.42 Å². The van der Waals surface area contributed by atoms with Crippen LogP contribution in [0.15, 0.2) is 30.3 Å². The highest BCUT2D eigenvalue weighted by atomic mass is 16.2. The predicted octanol–water partition coefficient (Wildman–Crippen LogP) is 3.23. The summed E-state index contributed by atoms with van der Waals surface area (Å²) < 4.78 is 0. The highest BCUT2D eigenvalue weighted by Gasteiger charge is 2.35. The van der Waals surface area contributed by atoms with E-state index in [1.807, 2.05) is 32.0 Å². The molecule has 194 valence electrons. The van der Waals surface area contributed by atoms with Gasteiger partial charge in [-0.3, -0.25) is 14.4 Å². The maximum absolute atomic E-state index is 13.6. The summed E-state index contributed by atoms with van der Waals surface area (Å²) in [6.45, 7) is 4.67. The van der Waals surface area contributed by atoms with Gasteiger partial charge in [0, 0.05) is 6.04 Å². The minimum absolute atomic E-state index is 0.0118. The van der Waals surface area contributed by atoms with E-state index in [9.17, 15) is 14.4 Å². The summed E-state index contributed by atoms with van der Waals surface area (Å²) in [5.74, 6) is -0.383. The first-order chi connectivity index (χ1) is 16.9. The summed E-state index contributed by atoms with van der Waals surface area (Å²) >= 11 is 0. The first kappa shape index (κ1) is 27.2. The minimum Gasteiger partial charge on any atom is -0.352 e. The zero-order valence-corrected chi connectivity index (χ0v) is 21.5. The van der Waals surface area contributed by atoms with Crippen LogP contribution in [0.4, 0.5) is 0 Å². The monoisotopic (exact) mass is 484 g/mol. The van der Waals surface area contributed by atoms with E-state index in [-0.39, 0.29) is 35.7 Å². The van der Waals surface area contributed by atoms with Crippen molar-refractivity contribution >= 4 is 17.7 Å². The number of nitrogens with one attached hydrogen (secondary N) is 4. The molecule has 2 fully saturated rings. The van der Waals surface area contributed by atoms with E-state index >= 15 is 0 Å². The maximum Gasteiger partial charge on any atom is 0.243 e. The molecular formula is C28H44N4O3. The Morgan fingerprint density at radius 1 is 0.886 bits per heavy atom. The van der Waals surface area contributed by atoms with Crippen LogP contribution in [0.5, 0.6) is 0 Å². The van der Waals surface area contributed by atoms with Crippen molar-refractivity contribution in [2.45, 2.75) is 109 Å². The van der Waals surface area contributed by atoms with E-state index < -0.39 is 12.1 Å². The molecule has 3 rings (SSSR count). The van der Waals surface area contributed by atoms with Crippen LogP contribution in [-0.2, 0) is 20.8 Å². The Hall–Kier alpha value is -2.41. The van der Waals surface area contributed by atoms with Gasteiger partial charge in [-0.1, -0.05) is 56.0 Å². The lowest BCUT2D eigenvalue weighted by Gasteiger charge is -2.33. The van der Waals surface area contributed by atoms with Crippen molar-refractivity contribution < 1.29 is 14.4 Å². The fourth-order valence-electron chi connectivity index (χ4n) is 5.26. The van der Waals surface area contributed by atoms with Gasteiger partial charge in [-0.2, -0.15) is 0 Å². The Morgan fingerprint density at radius 2 is 1.60 bits per heavy atom. The topological polar surface area (TPSA) is 99.3 Å². The molecule has 4 N–H and O–H groups in total. The summed E-state index contributed by atoms with van der Waals surface area (Å²) in [6, 6.07) is 8.70. The molecule has 35 heavy (non-hydrogen) atoms. The summed E-state index contributed by atoms with van der Waals surface area (Å²) in [6.07, 6.45) is 10.2. The number of carbonyl (C=O) groups excluding carboxylic acids is 3. The predicted molar refractivity (Wildman–Crippen MR) is 139 cm³/mol. The molecule has 0 aromatic heterocycles. The highest BCUT2D eigenvalue weighted by Crippen LogP contribution is 2.27. The quantitative estimate of drug-likeness (QED) is 0.388. The lowest BCUT2D eigenvalue weighted by Crippen LogP contribution is -2.59. The van der Waals surface area contributed by atoms with Gasteiger partial charge < -0.3 is 21.3 Å². The first-order valence-electron chi connectivity index (χ1n) is 13.6. The largest absolute Gasteiger partial charge is 0.352 e. The second-order valence-corrected chi connectivity index (χ2v) is 10.5. The summed E-state index contributed by atoms with van der Waals surface area (Å²) in [7, 11) is 0.